The summed E-state index contributed by atoms with van der Waals surface area (Å²) in [6.07, 6.45) is 3.94. The predicted molar refractivity (Wildman–Crippen MR) is 225 cm³/mol. The van der Waals surface area contributed by atoms with Crippen molar-refractivity contribution in [2.75, 3.05) is 77.4 Å². The van der Waals surface area contributed by atoms with Gasteiger partial charge in [-0.25, -0.2) is 14.4 Å². The minimum Gasteiger partial charge on any atom is -0.465 e. The third kappa shape index (κ3) is 10.7. The molecule has 59 heavy (non-hydrogen) atoms. The molecule has 0 bridgehead atoms. The summed E-state index contributed by atoms with van der Waals surface area (Å²) >= 11 is 0. The zero-order chi connectivity index (χ0) is 42.1. The van der Waals surface area contributed by atoms with Crippen LogP contribution < -0.4 is 11.1 Å². The number of fused-ring (bicyclic) bond motifs is 2. The normalized spacial score (nSPS) is 19.0. The largest absolute Gasteiger partial charge is 0.465 e. The van der Waals surface area contributed by atoms with Crippen LogP contribution in [0.25, 0.3) is 11.1 Å². The Kier molecular flexibility index (Phi) is 15.1. The van der Waals surface area contributed by atoms with E-state index in [1.54, 1.807) is 18.0 Å². The molecule has 0 spiro atoms. The van der Waals surface area contributed by atoms with Gasteiger partial charge in [0.05, 0.1) is 18.7 Å². The van der Waals surface area contributed by atoms with E-state index < -0.39 is 18.0 Å². The number of urea groups is 1. The molecule has 0 radical (unpaired) electrons. The summed E-state index contributed by atoms with van der Waals surface area (Å²) in [4.78, 5) is 75.8. The fourth-order valence-electron chi connectivity index (χ4n) is 8.89. The number of rotatable bonds is 11. The van der Waals surface area contributed by atoms with Crippen molar-refractivity contribution in [2.45, 2.75) is 97.2 Å². The molecule has 4 aliphatic rings. The first-order chi connectivity index (χ1) is 28.6. The highest BCUT2D eigenvalue weighted by Gasteiger charge is 2.37. The number of ether oxygens (including phenoxy) is 2. The number of likely N-dealkylation sites (tertiary alicyclic amines) is 2. The second-order valence-corrected chi connectivity index (χ2v) is 16.0. The quantitative estimate of drug-likeness (QED) is 0.207. The van der Waals surface area contributed by atoms with E-state index in [1.165, 1.54) is 4.57 Å². The number of esters is 1. The van der Waals surface area contributed by atoms with E-state index in [2.05, 4.69) is 22.0 Å². The van der Waals surface area contributed by atoms with Gasteiger partial charge in [0.15, 0.2) is 11.7 Å². The van der Waals surface area contributed by atoms with E-state index in [0.29, 0.717) is 75.9 Å². The second kappa shape index (κ2) is 20.4. The van der Waals surface area contributed by atoms with Gasteiger partial charge in [-0.05, 0) is 74.3 Å². The molecule has 15 heteroatoms. The highest BCUT2D eigenvalue weighted by Crippen LogP contribution is 2.27. The first-order valence-electron chi connectivity index (χ1n) is 21.7. The summed E-state index contributed by atoms with van der Waals surface area (Å²) in [5.41, 5.74) is 4.61. The first-order valence-corrected chi connectivity index (χ1v) is 21.7. The van der Waals surface area contributed by atoms with Crippen molar-refractivity contribution in [1.82, 2.24) is 29.1 Å². The second-order valence-electron chi connectivity index (χ2n) is 16.0. The van der Waals surface area contributed by atoms with Gasteiger partial charge < -0.3 is 33.9 Å². The van der Waals surface area contributed by atoms with Crippen LogP contribution in [0, 0.1) is 6.92 Å². The molecular weight excluding hydrogens is 755 g/mol. The van der Waals surface area contributed by atoms with Crippen LogP contribution in [0.4, 0.5) is 15.3 Å². The minimum absolute atomic E-state index is 0.0210. The number of hydrogen-bond acceptors (Lipinski definition) is 10. The topological polar surface area (TPSA) is 150 Å². The molecule has 2 aromatic carbocycles. The molecule has 5 heterocycles. The highest BCUT2D eigenvalue weighted by molar-refractivity contribution is 5.91. The number of aromatic nitrogens is 1. The molecule has 1 aromatic heterocycles. The summed E-state index contributed by atoms with van der Waals surface area (Å²) in [6, 6.07) is 11.7. The Morgan fingerprint density at radius 2 is 1.56 bits per heavy atom. The Morgan fingerprint density at radius 3 is 2.27 bits per heavy atom. The molecule has 3 fully saturated rings. The molecule has 1 N–H and O–H groups in total. The summed E-state index contributed by atoms with van der Waals surface area (Å²) in [6.45, 7) is 14.5. The van der Waals surface area contributed by atoms with Crippen molar-refractivity contribution in [3.63, 3.8) is 0 Å². The molecule has 0 saturated carbocycles. The number of unbranched alkanes of at least 4 members (excludes halogenated alkanes) is 1. The first kappa shape index (κ1) is 43.7. The maximum atomic E-state index is 14.3. The lowest BCUT2D eigenvalue weighted by Crippen LogP contribution is -2.55. The van der Waals surface area contributed by atoms with Crippen LogP contribution in [0.3, 0.4) is 0 Å². The van der Waals surface area contributed by atoms with Gasteiger partial charge in [0.25, 0.3) is 5.91 Å². The number of nitrogens with zero attached hydrogens (tertiary/aromatic N) is 6. The molecule has 0 unspecified atom stereocenters. The van der Waals surface area contributed by atoms with E-state index in [-0.39, 0.29) is 30.4 Å². The van der Waals surface area contributed by atoms with Gasteiger partial charge in [0.1, 0.15) is 0 Å². The van der Waals surface area contributed by atoms with Crippen molar-refractivity contribution >= 4 is 40.8 Å². The number of carbonyl (C=O) groups is 4. The zero-order valence-corrected chi connectivity index (χ0v) is 35.6. The maximum Gasteiger partial charge on any atom is 0.419 e. The molecule has 15 nitrogen and oxygen atoms in total. The molecule has 4 aliphatic heterocycles. The van der Waals surface area contributed by atoms with Gasteiger partial charge in [-0.3, -0.25) is 24.0 Å². The van der Waals surface area contributed by atoms with Crippen molar-refractivity contribution in [2.24, 2.45) is 7.05 Å². The van der Waals surface area contributed by atoms with Gasteiger partial charge in [-0.15, -0.1) is 0 Å². The van der Waals surface area contributed by atoms with Crippen molar-refractivity contribution in [1.29, 1.82) is 0 Å². The monoisotopic (exact) mass is 817 g/mol. The number of piperazine rings is 1. The number of hydrogen-bond donors (Lipinski definition) is 1. The molecule has 1 atom stereocenters. The number of aryl methyl sites for hydroxylation is 2. The van der Waals surface area contributed by atoms with E-state index >= 15 is 0 Å². The highest BCUT2D eigenvalue weighted by atomic mass is 16.6. The number of amides is 4. The van der Waals surface area contributed by atoms with Crippen molar-refractivity contribution in [3.05, 3.63) is 63.6 Å². The number of oxazole rings is 1. The lowest BCUT2D eigenvalue weighted by atomic mass is 9.99. The summed E-state index contributed by atoms with van der Waals surface area (Å²) < 4.78 is 18.4. The van der Waals surface area contributed by atoms with Crippen molar-refractivity contribution < 1.29 is 33.1 Å². The van der Waals surface area contributed by atoms with Crippen LogP contribution >= 0.6 is 0 Å². The van der Waals surface area contributed by atoms with Crippen molar-refractivity contribution in [3.8, 4) is 0 Å². The standard InChI is InChI=1S/C42H57N7O8.C2H6/c1-4-5-24-55-37(50)28-45-20-22-46(23-21-45)32-11-15-47(16-12-32)39(51)36(27-30-25-29(2)38-35(26-30)56-41(53)44(38)3)57-42(54)48-17-13-33(14-18-48)49-19-10-31-8-6-7-9-34(31)43-40(49)52;1-2/h6-9,25-26,32-33,36H,4-5,10-24,27-28H2,1-3H3,(H,43,52);1-2H3/t36-;/m1./s1. The van der Waals surface area contributed by atoms with E-state index in [9.17, 15) is 24.0 Å². The third-order valence-electron chi connectivity index (χ3n) is 12.2. The summed E-state index contributed by atoms with van der Waals surface area (Å²) in [5.74, 6) is -0.874. The average Bonchev–Trinajstić information content (AvgIpc) is 3.42. The Hall–Kier alpha value is -4.89. The Labute approximate surface area is 347 Å². The Balaban J connectivity index is 0.00000288. The predicted octanol–water partition coefficient (Wildman–Crippen LogP) is 5.02. The molecule has 3 saturated heterocycles. The van der Waals surface area contributed by atoms with Crippen LogP contribution in [0.15, 0.2) is 45.6 Å². The Bertz CT molecular complexity index is 1970. The Morgan fingerprint density at radius 1 is 0.881 bits per heavy atom. The fraction of sp³-hybridized carbons (Fsp3) is 0.614. The molecule has 322 valence electrons. The molecular formula is C44H63N7O8. The van der Waals surface area contributed by atoms with E-state index in [0.717, 1.165) is 80.7 Å². The zero-order valence-electron chi connectivity index (χ0n) is 35.6. The molecule has 7 rings (SSSR count). The SMILES string of the molecule is CC.CCCCOC(=O)CN1CCN(C2CCN(C(=O)[C@@H](Cc3cc(C)c4c(c3)oc(=O)n4C)OC(=O)N3CCC(N4CCc5ccccc5NC4=O)CC3)CC2)CC1. The van der Waals surface area contributed by atoms with Gasteiger partial charge in [-0.2, -0.15) is 0 Å². The van der Waals surface area contributed by atoms with Crippen LogP contribution in [0.2, 0.25) is 0 Å². The summed E-state index contributed by atoms with van der Waals surface area (Å²) in [7, 11) is 1.66. The molecule has 4 amide bonds. The van der Waals surface area contributed by atoms with Crippen LogP contribution in [0.5, 0.6) is 0 Å². The number of anilines is 1. The lowest BCUT2D eigenvalue weighted by Gasteiger charge is -2.43. The van der Waals surface area contributed by atoms with E-state index in [4.69, 9.17) is 13.9 Å². The van der Waals surface area contributed by atoms with Gasteiger partial charge in [-0.1, -0.05) is 51.5 Å². The number of piperidine rings is 2. The average molecular weight is 818 g/mol. The van der Waals surface area contributed by atoms with Crippen LogP contribution in [0.1, 0.15) is 76.0 Å². The van der Waals surface area contributed by atoms with E-state index in [1.807, 2.05) is 60.9 Å². The summed E-state index contributed by atoms with van der Waals surface area (Å²) in [5, 5.41) is 3.05. The van der Waals surface area contributed by atoms with Gasteiger partial charge in [0.2, 0.25) is 0 Å². The number of benzene rings is 2. The number of nitrogens with one attached hydrogen (secondary N) is 1. The maximum absolute atomic E-state index is 14.3. The minimum atomic E-state index is -1.07. The molecule has 3 aromatic rings. The smallest absolute Gasteiger partial charge is 0.419 e. The van der Waals surface area contributed by atoms with Crippen LogP contribution in [-0.2, 0) is 39.0 Å². The third-order valence-corrected chi connectivity index (χ3v) is 12.2. The molecule has 0 aliphatic carbocycles. The van der Waals surface area contributed by atoms with Gasteiger partial charge in [0, 0.05) is 90.1 Å². The fourth-order valence-corrected chi connectivity index (χ4v) is 8.89. The van der Waals surface area contributed by atoms with Crippen LogP contribution in [-0.4, -0.2) is 143 Å². The number of carbonyl (C=O) groups excluding carboxylic acids is 4. The number of para-hydroxylation sites is 1. The lowest BCUT2D eigenvalue weighted by molar-refractivity contribution is -0.145. The van der Waals surface area contributed by atoms with Gasteiger partial charge >= 0.3 is 23.8 Å².